The Bertz CT molecular complexity index is 566. The van der Waals surface area contributed by atoms with E-state index in [1.807, 2.05) is 11.3 Å². The average molecular weight is 275 g/mol. The zero-order valence-corrected chi connectivity index (χ0v) is 13.6. The summed E-state index contributed by atoms with van der Waals surface area (Å²) < 4.78 is 1.48. The molecule has 0 spiro atoms. The second-order valence-electron chi connectivity index (χ2n) is 5.67. The number of nitrogens with one attached hydrogen (secondary N) is 1. The first kappa shape index (κ1) is 14.5. The zero-order valence-electron chi connectivity index (χ0n) is 12.8. The van der Waals surface area contributed by atoms with Gasteiger partial charge in [0.2, 0.25) is 0 Å². The molecule has 1 aromatic heterocycles. The van der Waals surface area contributed by atoms with Crippen LogP contribution in [0.4, 0.5) is 0 Å². The molecule has 0 saturated carbocycles. The molecule has 0 bridgehead atoms. The molecule has 19 heavy (non-hydrogen) atoms. The van der Waals surface area contributed by atoms with Crippen LogP contribution in [0.3, 0.4) is 0 Å². The fourth-order valence-corrected chi connectivity index (χ4v) is 4.16. The first-order valence-corrected chi connectivity index (χ1v) is 8.10. The van der Waals surface area contributed by atoms with Gasteiger partial charge in [0.25, 0.3) is 0 Å². The fourth-order valence-electron chi connectivity index (χ4n) is 2.69. The summed E-state index contributed by atoms with van der Waals surface area (Å²) in [6.45, 7) is 13.4. The molecule has 1 aromatic carbocycles. The highest BCUT2D eigenvalue weighted by Crippen LogP contribution is 2.39. The van der Waals surface area contributed by atoms with Gasteiger partial charge in [-0.3, -0.25) is 0 Å². The van der Waals surface area contributed by atoms with E-state index in [9.17, 15) is 0 Å². The molecule has 1 N–H and O–H groups in total. The molecule has 104 valence electrons. The van der Waals surface area contributed by atoms with Crippen LogP contribution in [0.1, 0.15) is 54.7 Å². The Morgan fingerprint density at radius 2 is 1.84 bits per heavy atom. The van der Waals surface area contributed by atoms with E-state index in [1.54, 1.807) is 5.56 Å². The molecule has 0 radical (unpaired) electrons. The predicted molar refractivity (Wildman–Crippen MR) is 87.4 cm³/mol. The third-order valence-corrected chi connectivity index (χ3v) is 4.99. The van der Waals surface area contributed by atoms with Gasteiger partial charge in [0.15, 0.2) is 0 Å². The minimum absolute atomic E-state index is 0.590. The molecular formula is C17H25NS. The largest absolute Gasteiger partial charge is 0.312 e. The van der Waals surface area contributed by atoms with Crippen molar-refractivity contribution >= 4 is 21.4 Å². The van der Waals surface area contributed by atoms with Crippen molar-refractivity contribution in [3.8, 4) is 0 Å². The summed E-state index contributed by atoms with van der Waals surface area (Å²) in [5, 5.41) is 5.06. The van der Waals surface area contributed by atoms with Crippen LogP contribution >= 0.6 is 11.3 Å². The Balaban J connectivity index is 2.54. The van der Waals surface area contributed by atoms with Crippen LogP contribution in [0, 0.1) is 13.8 Å². The van der Waals surface area contributed by atoms with Crippen molar-refractivity contribution in [1.82, 2.24) is 5.32 Å². The molecular weight excluding hydrogens is 250 g/mol. The van der Waals surface area contributed by atoms with Gasteiger partial charge in [-0.15, -0.1) is 11.3 Å². The lowest BCUT2D eigenvalue weighted by Crippen LogP contribution is -2.14. The number of fused-ring (bicyclic) bond motifs is 1. The fraction of sp³-hybridized carbons (Fsp3) is 0.529. The molecule has 0 aliphatic heterocycles. The summed E-state index contributed by atoms with van der Waals surface area (Å²) >= 11 is 1.98. The van der Waals surface area contributed by atoms with Gasteiger partial charge in [0, 0.05) is 16.1 Å². The van der Waals surface area contributed by atoms with Gasteiger partial charge in [0.1, 0.15) is 0 Å². The Hall–Kier alpha value is -0.860. The second kappa shape index (κ2) is 6.06. The monoisotopic (exact) mass is 275 g/mol. The molecule has 0 unspecified atom stereocenters. The number of benzene rings is 1. The maximum absolute atomic E-state index is 3.56. The third kappa shape index (κ3) is 2.85. The number of hydrogen-bond acceptors (Lipinski definition) is 2. The van der Waals surface area contributed by atoms with Gasteiger partial charge >= 0.3 is 0 Å². The van der Waals surface area contributed by atoms with Crippen molar-refractivity contribution in [2.75, 3.05) is 6.54 Å². The average Bonchev–Trinajstić information content (AvgIpc) is 2.75. The first-order valence-electron chi connectivity index (χ1n) is 7.28. The van der Waals surface area contributed by atoms with Crippen LogP contribution in [-0.4, -0.2) is 6.54 Å². The Kier molecular flexibility index (Phi) is 4.64. The summed E-state index contributed by atoms with van der Waals surface area (Å²) in [7, 11) is 0. The zero-order chi connectivity index (χ0) is 14.0. The van der Waals surface area contributed by atoms with E-state index in [2.05, 4.69) is 52.1 Å². The molecule has 1 nitrogen and oxygen atoms in total. The van der Waals surface area contributed by atoms with E-state index in [0.29, 0.717) is 5.92 Å². The SMILES string of the molecule is CCCNCc1sc2c(C)ccc(C)c2c1C(C)C. The second-order valence-corrected chi connectivity index (χ2v) is 6.78. The summed E-state index contributed by atoms with van der Waals surface area (Å²) in [6.07, 6.45) is 1.19. The van der Waals surface area contributed by atoms with Crippen LogP contribution < -0.4 is 5.32 Å². The smallest absolute Gasteiger partial charge is 0.0381 e. The van der Waals surface area contributed by atoms with E-state index >= 15 is 0 Å². The van der Waals surface area contributed by atoms with Crippen molar-refractivity contribution in [2.45, 2.75) is 53.5 Å². The highest BCUT2D eigenvalue weighted by molar-refractivity contribution is 7.19. The van der Waals surface area contributed by atoms with Gasteiger partial charge in [0.05, 0.1) is 0 Å². The number of thiophene rings is 1. The van der Waals surface area contributed by atoms with Crippen LogP contribution in [0.15, 0.2) is 12.1 Å². The highest BCUT2D eigenvalue weighted by Gasteiger charge is 2.17. The lowest BCUT2D eigenvalue weighted by Gasteiger charge is -2.10. The van der Waals surface area contributed by atoms with E-state index in [-0.39, 0.29) is 0 Å². The van der Waals surface area contributed by atoms with Crippen molar-refractivity contribution in [3.63, 3.8) is 0 Å². The number of aryl methyl sites for hydroxylation is 2. The summed E-state index contributed by atoms with van der Waals surface area (Å²) in [6, 6.07) is 4.51. The number of rotatable bonds is 5. The predicted octanol–water partition coefficient (Wildman–Crippen LogP) is 5.14. The van der Waals surface area contributed by atoms with Gasteiger partial charge in [-0.2, -0.15) is 0 Å². The maximum atomic E-state index is 3.56. The first-order chi connectivity index (χ1) is 9.06. The van der Waals surface area contributed by atoms with Crippen molar-refractivity contribution in [1.29, 1.82) is 0 Å². The van der Waals surface area contributed by atoms with Gasteiger partial charge in [-0.1, -0.05) is 32.9 Å². The van der Waals surface area contributed by atoms with E-state index in [1.165, 1.54) is 32.5 Å². The van der Waals surface area contributed by atoms with Crippen LogP contribution in [0.2, 0.25) is 0 Å². The molecule has 1 heterocycles. The molecule has 0 saturated heterocycles. The molecule has 0 aliphatic carbocycles. The van der Waals surface area contributed by atoms with Crippen molar-refractivity contribution < 1.29 is 0 Å². The third-order valence-electron chi connectivity index (χ3n) is 3.65. The highest BCUT2D eigenvalue weighted by atomic mass is 32.1. The molecule has 0 amide bonds. The molecule has 2 rings (SSSR count). The minimum atomic E-state index is 0.590. The lowest BCUT2D eigenvalue weighted by atomic mass is 9.95. The Morgan fingerprint density at radius 1 is 1.16 bits per heavy atom. The van der Waals surface area contributed by atoms with Gasteiger partial charge in [-0.25, -0.2) is 0 Å². The van der Waals surface area contributed by atoms with Gasteiger partial charge < -0.3 is 5.32 Å². The van der Waals surface area contributed by atoms with E-state index in [4.69, 9.17) is 0 Å². The van der Waals surface area contributed by atoms with Gasteiger partial charge in [-0.05, 0) is 54.8 Å². The standard InChI is InChI=1S/C17H25NS/c1-6-9-18-10-14-15(11(2)3)16-12(4)7-8-13(5)17(16)19-14/h7-8,11,18H,6,9-10H2,1-5H3. The van der Waals surface area contributed by atoms with Crippen molar-refractivity contribution in [3.05, 3.63) is 33.7 Å². The normalized spacial score (nSPS) is 11.7. The quantitative estimate of drug-likeness (QED) is 0.745. The van der Waals surface area contributed by atoms with Crippen molar-refractivity contribution in [2.24, 2.45) is 0 Å². The van der Waals surface area contributed by atoms with E-state index < -0.39 is 0 Å². The Labute approximate surface area is 121 Å². The summed E-state index contributed by atoms with van der Waals surface area (Å²) in [5.41, 5.74) is 4.39. The van der Waals surface area contributed by atoms with Crippen LogP contribution in [-0.2, 0) is 6.54 Å². The molecule has 0 fully saturated rings. The summed E-state index contributed by atoms with van der Waals surface area (Å²) in [4.78, 5) is 1.52. The molecule has 0 atom stereocenters. The Morgan fingerprint density at radius 3 is 2.47 bits per heavy atom. The molecule has 2 aromatic rings. The van der Waals surface area contributed by atoms with E-state index in [0.717, 1.165) is 13.1 Å². The van der Waals surface area contributed by atoms with Crippen LogP contribution in [0.25, 0.3) is 10.1 Å². The molecule has 2 heteroatoms. The maximum Gasteiger partial charge on any atom is 0.0381 e. The molecule has 0 aliphatic rings. The minimum Gasteiger partial charge on any atom is -0.312 e. The number of hydrogen-bond donors (Lipinski definition) is 1. The lowest BCUT2D eigenvalue weighted by molar-refractivity contribution is 0.675. The topological polar surface area (TPSA) is 12.0 Å². The van der Waals surface area contributed by atoms with Crippen LogP contribution in [0.5, 0.6) is 0 Å². The summed E-state index contributed by atoms with van der Waals surface area (Å²) in [5.74, 6) is 0.590.